The smallest absolute Gasteiger partial charge is 0.160 e. The van der Waals surface area contributed by atoms with Gasteiger partial charge in [-0.05, 0) is 54.2 Å². The van der Waals surface area contributed by atoms with Crippen molar-refractivity contribution in [2.24, 2.45) is 4.99 Å². The molecule has 0 radical (unpaired) electrons. The van der Waals surface area contributed by atoms with Crippen LogP contribution >= 0.6 is 0 Å². The molecule has 0 saturated heterocycles. The summed E-state index contributed by atoms with van der Waals surface area (Å²) >= 11 is 0. The molecule has 1 saturated carbocycles. The zero-order chi connectivity index (χ0) is 32.6. The van der Waals surface area contributed by atoms with E-state index in [-0.39, 0.29) is 5.41 Å². The molecule has 0 N–H and O–H groups in total. The minimum atomic E-state index is -0.0140. The van der Waals surface area contributed by atoms with Gasteiger partial charge in [-0.3, -0.25) is 4.99 Å². The molecule has 3 nitrogen and oxygen atoms in total. The molecule has 1 fully saturated rings. The number of aliphatic imine (C=N–C) groups is 1. The molecule has 6 aromatic rings. The van der Waals surface area contributed by atoms with Crippen LogP contribution in [0, 0.1) is 0 Å². The van der Waals surface area contributed by atoms with E-state index >= 15 is 0 Å². The Bertz CT molecular complexity index is 1940. The monoisotopic (exact) mass is 623 g/mol. The lowest BCUT2D eigenvalue weighted by atomic mass is 9.65. The van der Waals surface area contributed by atoms with Crippen molar-refractivity contribution >= 4 is 11.9 Å². The summed E-state index contributed by atoms with van der Waals surface area (Å²) in [7, 11) is 0. The van der Waals surface area contributed by atoms with Gasteiger partial charge >= 0.3 is 0 Å². The third-order valence-corrected chi connectivity index (χ3v) is 9.59. The molecular formula is C45H41N3. The van der Waals surface area contributed by atoms with E-state index in [9.17, 15) is 0 Å². The summed E-state index contributed by atoms with van der Waals surface area (Å²) in [6.45, 7) is 2.13. The van der Waals surface area contributed by atoms with E-state index in [4.69, 9.17) is 15.0 Å². The lowest BCUT2D eigenvalue weighted by Gasteiger charge is -2.39. The molecule has 0 unspecified atom stereocenters. The third kappa shape index (κ3) is 6.68. The van der Waals surface area contributed by atoms with Crippen LogP contribution in [0.15, 0.2) is 157 Å². The Kier molecular flexibility index (Phi) is 9.47. The Morgan fingerprint density at radius 1 is 0.583 bits per heavy atom. The summed E-state index contributed by atoms with van der Waals surface area (Å²) < 4.78 is 0. The van der Waals surface area contributed by atoms with Crippen molar-refractivity contribution in [2.45, 2.75) is 50.9 Å². The molecule has 0 atom stereocenters. The minimum absolute atomic E-state index is 0.0140. The van der Waals surface area contributed by atoms with Gasteiger partial charge in [-0.2, -0.15) is 0 Å². The lowest BCUT2D eigenvalue weighted by Crippen LogP contribution is -2.30. The summed E-state index contributed by atoms with van der Waals surface area (Å²) in [5, 5.41) is 0. The van der Waals surface area contributed by atoms with Crippen LogP contribution in [0.25, 0.3) is 45.0 Å². The van der Waals surface area contributed by atoms with Gasteiger partial charge in [0.25, 0.3) is 0 Å². The fourth-order valence-electron chi connectivity index (χ4n) is 7.05. The molecule has 236 valence electrons. The number of nitrogens with zero attached hydrogens (tertiary/aromatic N) is 3. The van der Waals surface area contributed by atoms with Crippen molar-refractivity contribution in [3.8, 4) is 45.0 Å². The molecule has 0 bridgehead atoms. The van der Waals surface area contributed by atoms with Gasteiger partial charge in [-0.25, -0.2) is 9.97 Å². The van der Waals surface area contributed by atoms with Crippen LogP contribution in [0.5, 0.6) is 0 Å². The van der Waals surface area contributed by atoms with Crippen LogP contribution in [0.4, 0.5) is 5.69 Å². The second-order valence-corrected chi connectivity index (χ2v) is 12.6. The summed E-state index contributed by atoms with van der Waals surface area (Å²) in [6, 6.07) is 49.6. The summed E-state index contributed by atoms with van der Waals surface area (Å²) in [5.41, 5.74) is 11.1. The molecule has 1 aliphatic carbocycles. The zero-order valence-corrected chi connectivity index (χ0v) is 27.6. The van der Waals surface area contributed by atoms with E-state index in [1.165, 1.54) is 36.0 Å². The maximum atomic E-state index is 5.07. The van der Waals surface area contributed by atoms with Crippen molar-refractivity contribution in [3.05, 3.63) is 163 Å². The highest BCUT2D eigenvalue weighted by molar-refractivity contribution is 5.82. The molecule has 1 aromatic heterocycles. The van der Waals surface area contributed by atoms with Gasteiger partial charge in [-0.15, -0.1) is 0 Å². The van der Waals surface area contributed by atoms with E-state index in [0.29, 0.717) is 0 Å². The molecule has 0 amide bonds. The lowest BCUT2D eigenvalue weighted by molar-refractivity contribution is 0.346. The van der Waals surface area contributed by atoms with Crippen LogP contribution in [-0.4, -0.2) is 16.2 Å². The van der Waals surface area contributed by atoms with Crippen molar-refractivity contribution in [2.75, 3.05) is 0 Å². The summed E-state index contributed by atoms with van der Waals surface area (Å²) in [4.78, 5) is 14.9. The maximum Gasteiger partial charge on any atom is 0.160 e. The molecule has 0 spiro atoms. The number of hydrogen-bond acceptors (Lipinski definition) is 3. The molecule has 7 rings (SSSR count). The van der Waals surface area contributed by atoms with E-state index in [2.05, 4.69) is 140 Å². The predicted molar refractivity (Wildman–Crippen MR) is 202 cm³/mol. The Labute approximate surface area is 284 Å². The van der Waals surface area contributed by atoms with Crippen LogP contribution in [0.3, 0.4) is 0 Å². The highest BCUT2D eigenvalue weighted by Gasteiger charge is 2.35. The Hall–Kier alpha value is -5.41. The molecule has 3 heteroatoms. The molecule has 48 heavy (non-hydrogen) atoms. The van der Waals surface area contributed by atoms with Gasteiger partial charge in [0, 0.05) is 33.9 Å². The largest absolute Gasteiger partial charge is 0.256 e. The SMILES string of the molecule is CC/C=C\C=N/c1ccccc1-c1ccc(C2(c3ccc(-c4nc(-c5ccccc5)cc(-c5ccccc5)n4)cc3)CCCCC2)cc1. The average molecular weight is 624 g/mol. The second-order valence-electron chi connectivity index (χ2n) is 12.6. The van der Waals surface area contributed by atoms with E-state index in [0.717, 1.165) is 64.4 Å². The van der Waals surface area contributed by atoms with Crippen LogP contribution < -0.4 is 0 Å². The number of hydrogen-bond donors (Lipinski definition) is 0. The van der Waals surface area contributed by atoms with Gasteiger partial charge in [0.1, 0.15) is 0 Å². The highest BCUT2D eigenvalue weighted by Crippen LogP contribution is 2.46. The van der Waals surface area contributed by atoms with Gasteiger partial charge in [0.2, 0.25) is 0 Å². The first-order chi connectivity index (χ1) is 23.7. The number of aromatic nitrogens is 2. The van der Waals surface area contributed by atoms with E-state index in [1.54, 1.807) is 0 Å². The normalized spacial score (nSPS) is 14.4. The molecular weight excluding hydrogens is 583 g/mol. The zero-order valence-electron chi connectivity index (χ0n) is 27.6. The number of para-hydroxylation sites is 1. The first-order valence-electron chi connectivity index (χ1n) is 17.2. The molecule has 1 aliphatic rings. The molecule has 1 heterocycles. The number of rotatable bonds is 9. The van der Waals surface area contributed by atoms with E-state index < -0.39 is 0 Å². The number of allylic oxidation sites excluding steroid dienone is 2. The van der Waals surface area contributed by atoms with Crippen LogP contribution in [0.1, 0.15) is 56.6 Å². The summed E-state index contributed by atoms with van der Waals surface area (Å²) in [6.07, 6.45) is 13.1. The van der Waals surface area contributed by atoms with E-state index in [1.807, 2.05) is 24.4 Å². The Balaban J connectivity index is 1.23. The summed E-state index contributed by atoms with van der Waals surface area (Å²) in [5.74, 6) is 0.746. The first kappa shape index (κ1) is 31.2. The van der Waals surface area contributed by atoms with Gasteiger partial charge in [-0.1, -0.05) is 160 Å². The van der Waals surface area contributed by atoms with Crippen molar-refractivity contribution < 1.29 is 0 Å². The fourth-order valence-corrected chi connectivity index (χ4v) is 7.05. The predicted octanol–water partition coefficient (Wildman–Crippen LogP) is 12.1. The fraction of sp³-hybridized carbons (Fsp3) is 0.178. The molecule has 0 aliphatic heterocycles. The Morgan fingerprint density at radius 3 is 1.71 bits per heavy atom. The topological polar surface area (TPSA) is 38.1 Å². The second kappa shape index (κ2) is 14.6. The highest BCUT2D eigenvalue weighted by atomic mass is 14.9. The average Bonchev–Trinajstić information content (AvgIpc) is 3.17. The third-order valence-electron chi connectivity index (χ3n) is 9.59. The van der Waals surface area contributed by atoms with Gasteiger partial charge < -0.3 is 0 Å². The number of benzene rings is 5. The quantitative estimate of drug-likeness (QED) is 0.150. The van der Waals surface area contributed by atoms with Crippen LogP contribution in [-0.2, 0) is 5.41 Å². The maximum absolute atomic E-state index is 5.07. The van der Waals surface area contributed by atoms with Crippen LogP contribution in [0.2, 0.25) is 0 Å². The standard InChI is InChI=1S/C45H41N3/c1-2-3-15-32-46-41-21-12-11-20-40(41)34-22-26-38(27-23-34)45(30-13-6-14-31-45)39-28-24-37(25-29-39)44-47-42(35-16-7-4-8-17-35)33-43(48-44)36-18-9-5-10-19-36/h3-5,7-12,15-29,32-33H,2,6,13-14,30-31H2,1H3/b15-3-,46-32-. The van der Waals surface area contributed by atoms with Gasteiger partial charge in [0.15, 0.2) is 5.82 Å². The first-order valence-corrected chi connectivity index (χ1v) is 17.2. The van der Waals surface area contributed by atoms with Crippen molar-refractivity contribution in [1.82, 2.24) is 9.97 Å². The van der Waals surface area contributed by atoms with Gasteiger partial charge in [0.05, 0.1) is 17.1 Å². The van der Waals surface area contributed by atoms with Crippen molar-refractivity contribution in [3.63, 3.8) is 0 Å². The molecule has 5 aromatic carbocycles. The Morgan fingerprint density at radius 2 is 1.12 bits per heavy atom. The van der Waals surface area contributed by atoms with Crippen molar-refractivity contribution in [1.29, 1.82) is 0 Å². The minimum Gasteiger partial charge on any atom is -0.256 e.